The van der Waals surface area contributed by atoms with Gasteiger partial charge >= 0.3 is 18.0 Å². The lowest BCUT2D eigenvalue weighted by Gasteiger charge is -2.44. The highest BCUT2D eigenvalue weighted by molar-refractivity contribution is 7.09. The van der Waals surface area contributed by atoms with Crippen LogP contribution in [0.15, 0.2) is 72.1 Å². The molecule has 1 aromatic heterocycles. The molecule has 3 aromatic rings. The summed E-state index contributed by atoms with van der Waals surface area (Å²) in [5.74, 6) is -7.90. The number of benzene rings is 2. The van der Waals surface area contributed by atoms with Gasteiger partial charge in [-0.3, -0.25) is 52.8 Å². The number of carboxylic acid groups (broad SMARTS) is 1. The van der Waals surface area contributed by atoms with Crippen LogP contribution < -0.4 is 31.9 Å². The highest BCUT2D eigenvalue weighted by Gasteiger charge is 2.45. The molecule has 9 amide bonds. The fourth-order valence-electron chi connectivity index (χ4n) is 11.2. The molecule has 2 aromatic carbocycles. The summed E-state index contributed by atoms with van der Waals surface area (Å²) in [5, 5.41) is 28.2. The first-order valence-electron chi connectivity index (χ1n) is 30.9. The van der Waals surface area contributed by atoms with Gasteiger partial charge in [-0.2, -0.15) is 0 Å². The zero-order valence-corrected chi connectivity index (χ0v) is 55.2. The summed E-state index contributed by atoms with van der Waals surface area (Å²) in [6.07, 6.45) is 3.38. The molecular weight excluding hydrogens is 1180 g/mol. The van der Waals surface area contributed by atoms with Crippen molar-refractivity contribution < 1.29 is 71.8 Å². The molecule has 1 unspecified atom stereocenters. The lowest BCUT2D eigenvalue weighted by Crippen LogP contribution is -2.63. The minimum Gasteiger partial charge on any atom is -0.481 e. The highest BCUT2D eigenvalue weighted by atomic mass is 32.1. The van der Waals surface area contributed by atoms with E-state index in [4.69, 9.17) is 9.47 Å². The highest BCUT2D eigenvalue weighted by Crippen LogP contribution is 2.33. The number of carboxylic acids is 1. The summed E-state index contributed by atoms with van der Waals surface area (Å²) in [4.78, 5) is 154. The molecule has 1 saturated heterocycles. The molecule has 3 heterocycles. The number of hydrogen-bond donors (Lipinski definition) is 7. The van der Waals surface area contributed by atoms with Gasteiger partial charge in [0, 0.05) is 73.7 Å². The Morgan fingerprint density at radius 1 is 0.811 bits per heavy atom. The van der Waals surface area contributed by atoms with Crippen molar-refractivity contribution in [1.82, 2.24) is 41.4 Å². The van der Waals surface area contributed by atoms with E-state index in [1.807, 2.05) is 77.2 Å². The van der Waals surface area contributed by atoms with Crippen LogP contribution in [0.5, 0.6) is 0 Å². The maximum atomic E-state index is 14.9. The normalized spacial score (nSPS) is 18.5. The number of aromatic nitrogens is 1. The van der Waals surface area contributed by atoms with Crippen molar-refractivity contribution in [3.63, 3.8) is 0 Å². The average Bonchev–Trinajstić information content (AvgIpc) is 2.16. The minimum absolute atomic E-state index is 0.0724. The molecule has 10 atom stereocenters. The third kappa shape index (κ3) is 20.2. The van der Waals surface area contributed by atoms with E-state index in [-0.39, 0.29) is 54.1 Å². The Hall–Kier alpha value is -8.06. The number of anilines is 1. The zero-order valence-electron chi connectivity index (χ0n) is 54.4. The summed E-state index contributed by atoms with van der Waals surface area (Å²) in [6.45, 7) is 20.7. The van der Waals surface area contributed by atoms with E-state index in [0.29, 0.717) is 52.4 Å². The first kappa shape index (κ1) is 72.7. The number of hydrogen-bond acceptors (Lipinski definition) is 15. The molecule has 0 bridgehead atoms. The summed E-state index contributed by atoms with van der Waals surface area (Å²) in [5.41, 5.74) is 0.440. The molecule has 0 saturated carbocycles. The Labute approximate surface area is 532 Å². The number of amides is 9. The van der Waals surface area contributed by atoms with E-state index >= 15 is 0 Å². The smallest absolute Gasteiger partial charge is 0.408 e. The number of esters is 1. The molecule has 0 aliphatic carbocycles. The lowest BCUT2D eigenvalue weighted by atomic mass is 9.92. The molecular formula is C65H93N10O14S+. The quantitative estimate of drug-likeness (QED) is 0.0214. The van der Waals surface area contributed by atoms with Gasteiger partial charge in [0.15, 0.2) is 17.7 Å². The van der Waals surface area contributed by atoms with Crippen LogP contribution in [0.25, 0.3) is 0 Å². The number of likely N-dealkylation sites (N-methyl/N-ethyl adjacent to an activating group) is 2. The van der Waals surface area contributed by atoms with Crippen LogP contribution in [0, 0.1) is 23.7 Å². The summed E-state index contributed by atoms with van der Waals surface area (Å²) in [6, 6.07) is 11.1. The van der Waals surface area contributed by atoms with E-state index in [9.17, 15) is 57.8 Å². The van der Waals surface area contributed by atoms with Crippen molar-refractivity contribution in [3.8, 4) is 0 Å². The topological polar surface area (TPSA) is 318 Å². The molecule has 90 heavy (non-hydrogen) atoms. The van der Waals surface area contributed by atoms with E-state index in [1.165, 1.54) is 20.8 Å². The fourth-order valence-corrected chi connectivity index (χ4v) is 12.0. The number of thiazole rings is 1. The number of aliphatic carboxylic acids is 1. The van der Waals surface area contributed by atoms with Crippen LogP contribution in [0.4, 0.5) is 10.5 Å². The number of nitrogens with one attached hydrogen (secondary N) is 6. The maximum Gasteiger partial charge on any atom is 0.408 e. The average molecular weight is 1270 g/mol. The Bertz CT molecular complexity index is 3060. The minimum atomic E-state index is -1.79. The van der Waals surface area contributed by atoms with Gasteiger partial charge in [0.25, 0.3) is 29.5 Å². The van der Waals surface area contributed by atoms with Crippen molar-refractivity contribution in [2.75, 3.05) is 32.5 Å². The van der Waals surface area contributed by atoms with Gasteiger partial charge in [-0.05, 0) is 88.8 Å². The third-order valence-electron chi connectivity index (χ3n) is 16.6. The Balaban J connectivity index is 1.23. The van der Waals surface area contributed by atoms with Gasteiger partial charge in [0.1, 0.15) is 35.4 Å². The number of quaternary nitrogens is 1. The molecule has 2 aliphatic heterocycles. The lowest BCUT2D eigenvalue weighted by molar-refractivity contribution is -0.942. The van der Waals surface area contributed by atoms with Crippen LogP contribution in [-0.2, 0) is 65.6 Å². The molecule has 0 spiro atoms. The van der Waals surface area contributed by atoms with Crippen molar-refractivity contribution >= 4 is 82.3 Å². The van der Waals surface area contributed by atoms with Crippen molar-refractivity contribution in [2.45, 2.75) is 189 Å². The van der Waals surface area contributed by atoms with Crippen molar-refractivity contribution in [1.29, 1.82) is 0 Å². The standard InChI is InChI=1S/C65H92N10O14S/c1-15-40(8)55(61(83)73(13)48(37(2)3)33-51(88-42(10)76)60-70-47(36-90-60)56(79)68-46(31-41(9)62(84)85)32-43-21-17-16-18-22-43)72-58(81)50-23-19-20-30-75(50,14)35-44-24-26-45(27-25-44)69-63(86)65(11,12)89-64(87)66-34-49(74-52(77)28-29-53(74)78)57(80)71-54(38(4)5)59(82)67-39(6)7/h16-18,21-22,24-29,36-41,46,48-51,54-55H,15,19-20,23,30-35H2,1-14H3,(H6-,66,67,68,69,71,72,79,80,81,82,84,85,86,87)/p+1/t40-,41-,46+,48+,49-,50+,51+,54-,55-,75?/m0/s1. The molecule has 7 N–H and O–H groups in total. The third-order valence-corrected chi connectivity index (χ3v) is 17.5. The molecule has 2 aliphatic rings. The number of alkyl carbamates (subject to hydrolysis) is 1. The van der Waals surface area contributed by atoms with Gasteiger partial charge in [-0.1, -0.05) is 97.4 Å². The van der Waals surface area contributed by atoms with E-state index < -0.39 is 114 Å². The number of likely N-dealkylation sites (tertiary alicyclic amines) is 1. The first-order valence-corrected chi connectivity index (χ1v) is 31.8. The summed E-state index contributed by atoms with van der Waals surface area (Å²) in [7, 11) is 3.69. The van der Waals surface area contributed by atoms with E-state index in [0.717, 1.165) is 47.5 Å². The predicted molar refractivity (Wildman–Crippen MR) is 338 cm³/mol. The molecule has 1 fully saturated rings. The van der Waals surface area contributed by atoms with E-state index in [2.05, 4.69) is 36.9 Å². The van der Waals surface area contributed by atoms with Gasteiger partial charge in [0.05, 0.1) is 26.1 Å². The van der Waals surface area contributed by atoms with Crippen LogP contribution in [0.2, 0.25) is 0 Å². The number of carbonyl (C=O) groups excluding carboxylic acids is 10. The number of imide groups is 1. The number of nitrogens with zero attached hydrogens (tertiary/aromatic N) is 4. The zero-order chi connectivity index (χ0) is 66.9. The molecule has 492 valence electrons. The molecule has 0 radical (unpaired) electrons. The monoisotopic (exact) mass is 1270 g/mol. The second kappa shape index (κ2) is 32.6. The molecule has 24 nitrogen and oxygen atoms in total. The summed E-state index contributed by atoms with van der Waals surface area (Å²) < 4.78 is 11.7. The fraction of sp³-hybridized carbons (Fsp3) is 0.569. The van der Waals surface area contributed by atoms with Crippen molar-refractivity contribution in [2.24, 2.45) is 23.7 Å². The Morgan fingerprint density at radius 2 is 1.46 bits per heavy atom. The van der Waals surface area contributed by atoms with E-state index in [1.54, 1.807) is 64.1 Å². The van der Waals surface area contributed by atoms with Crippen LogP contribution in [0.3, 0.4) is 0 Å². The predicted octanol–water partition coefficient (Wildman–Crippen LogP) is 6.20. The Morgan fingerprint density at radius 3 is 2.03 bits per heavy atom. The second-order valence-electron chi connectivity index (χ2n) is 25.5. The maximum absolute atomic E-state index is 14.9. The van der Waals surface area contributed by atoms with Crippen LogP contribution in [-0.4, -0.2) is 165 Å². The number of piperidine rings is 1. The SMILES string of the molecule is CC[C@H](C)[C@H](NC(=O)[C@H]1CCCC[N+]1(C)Cc1ccc(NC(=O)C(C)(C)OC(=O)NC[C@@H](C(=O)N[C@H](C(=O)NC(C)C)C(C)C)N2C(=O)C=CC2=O)cc1)C(=O)N(C)[C@H](C[C@@H](OC(C)=O)c1nc(C(=O)N[C@@H](Cc2ccccc2)C[C@H](C)C(=O)O)cs1)C(C)C. The van der Waals surface area contributed by atoms with Gasteiger partial charge in [0.2, 0.25) is 17.7 Å². The Kier molecular flexibility index (Phi) is 26.3. The number of ether oxygens (including phenoxy) is 2. The summed E-state index contributed by atoms with van der Waals surface area (Å²) >= 11 is 1.13. The van der Waals surface area contributed by atoms with Gasteiger partial charge in [-0.15, -0.1) is 11.3 Å². The van der Waals surface area contributed by atoms with Crippen LogP contribution >= 0.6 is 11.3 Å². The number of carbonyl (C=O) groups is 11. The largest absolute Gasteiger partial charge is 0.481 e. The molecule has 25 heteroatoms. The first-order chi connectivity index (χ1) is 42.2. The second-order valence-corrected chi connectivity index (χ2v) is 26.4. The number of rotatable bonds is 31. The van der Waals surface area contributed by atoms with Gasteiger partial charge < -0.3 is 55.9 Å². The van der Waals surface area contributed by atoms with Crippen LogP contribution in [0.1, 0.15) is 154 Å². The van der Waals surface area contributed by atoms with Crippen molar-refractivity contribution in [3.05, 3.63) is 94.0 Å². The van der Waals surface area contributed by atoms with Gasteiger partial charge in [-0.25, -0.2) is 9.78 Å². The molecule has 5 rings (SSSR count).